The lowest BCUT2D eigenvalue weighted by Gasteiger charge is -2.36. The number of hydrogen-bond acceptors (Lipinski definition) is 5. The van der Waals surface area contributed by atoms with E-state index in [1.165, 1.54) is 5.69 Å². The van der Waals surface area contributed by atoms with E-state index in [4.69, 9.17) is 9.47 Å². The molecule has 29 heavy (non-hydrogen) atoms. The predicted molar refractivity (Wildman–Crippen MR) is 121 cm³/mol. The number of guanidine groups is 1. The van der Waals surface area contributed by atoms with Gasteiger partial charge in [-0.3, -0.25) is 9.89 Å². The maximum absolute atomic E-state index is 5.36. The number of anilines is 1. The number of methoxy groups -OCH3 is 1. The molecule has 164 valence electrons. The van der Waals surface area contributed by atoms with Crippen molar-refractivity contribution in [2.45, 2.75) is 26.7 Å². The summed E-state index contributed by atoms with van der Waals surface area (Å²) in [5.41, 5.74) is 1.28. The molecular formula is C22H39N5O2. The van der Waals surface area contributed by atoms with Gasteiger partial charge < -0.3 is 25.0 Å². The fraction of sp³-hybridized carbons (Fsp3) is 0.682. The number of nitrogens with one attached hydrogen (secondary N) is 2. The van der Waals surface area contributed by atoms with E-state index in [2.05, 4.69) is 44.5 Å². The summed E-state index contributed by atoms with van der Waals surface area (Å²) in [7, 11) is 1.71. The van der Waals surface area contributed by atoms with Crippen LogP contribution in [0.15, 0.2) is 29.3 Å². The molecule has 0 aliphatic carbocycles. The molecule has 2 rings (SSSR count). The van der Waals surface area contributed by atoms with Crippen molar-refractivity contribution in [1.82, 2.24) is 15.5 Å². The van der Waals surface area contributed by atoms with Gasteiger partial charge in [0.2, 0.25) is 0 Å². The van der Waals surface area contributed by atoms with Crippen LogP contribution < -0.4 is 20.3 Å². The lowest BCUT2D eigenvalue weighted by atomic mass is 10.2. The van der Waals surface area contributed by atoms with Gasteiger partial charge in [0.05, 0.1) is 7.11 Å². The largest absolute Gasteiger partial charge is 0.497 e. The zero-order valence-electron chi connectivity index (χ0n) is 18.5. The summed E-state index contributed by atoms with van der Waals surface area (Å²) >= 11 is 0. The zero-order chi connectivity index (χ0) is 20.7. The maximum atomic E-state index is 5.36. The molecule has 0 bridgehead atoms. The molecule has 2 N–H and O–H groups in total. The Hall–Kier alpha value is -1.99. The number of rotatable bonds is 12. The average Bonchev–Trinajstić information content (AvgIpc) is 2.77. The molecule has 1 heterocycles. The Morgan fingerprint density at radius 3 is 2.45 bits per heavy atom. The number of aliphatic imine (C=N–C) groups is 1. The van der Waals surface area contributed by atoms with Crippen molar-refractivity contribution in [1.29, 1.82) is 0 Å². The Bertz CT molecular complexity index is 571. The summed E-state index contributed by atoms with van der Waals surface area (Å²) in [6.45, 7) is 13.8. The number of benzene rings is 1. The summed E-state index contributed by atoms with van der Waals surface area (Å²) < 4.78 is 10.6. The quantitative estimate of drug-likeness (QED) is 0.316. The van der Waals surface area contributed by atoms with E-state index in [1.807, 2.05) is 19.1 Å². The van der Waals surface area contributed by atoms with Gasteiger partial charge in [-0.25, -0.2) is 0 Å². The highest BCUT2D eigenvalue weighted by Crippen LogP contribution is 2.20. The minimum atomic E-state index is 0.774. The smallest absolute Gasteiger partial charge is 0.191 e. The summed E-state index contributed by atoms with van der Waals surface area (Å²) in [5, 5.41) is 6.76. The zero-order valence-corrected chi connectivity index (χ0v) is 18.5. The van der Waals surface area contributed by atoms with Gasteiger partial charge in [0.15, 0.2) is 5.96 Å². The molecule has 1 aliphatic heterocycles. The SMILES string of the molecule is CCNC(=NCCCOCC)NCCCN1CCN(c2ccc(OC)cc2)CC1. The monoisotopic (exact) mass is 405 g/mol. The van der Waals surface area contributed by atoms with E-state index in [1.54, 1.807) is 7.11 Å². The highest BCUT2D eigenvalue weighted by Gasteiger charge is 2.16. The van der Waals surface area contributed by atoms with E-state index in [-0.39, 0.29) is 0 Å². The number of ether oxygens (including phenoxy) is 2. The average molecular weight is 406 g/mol. The van der Waals surface area contributed by atoms with Crippen molar-refractivity contribution in [3.63, 3.8) is 0 Å². The van der Waals surface area contributed by atoms with Gasteiger partial charge in [0, 0.05) is 64.7 Å². The van der Waals surface area contributed by atoms with Crippen molar-refractivity contribution in [3.05, 3.63) is 24.3 Å². The van der Waals surface area contributed by atoms with E-state index < -0.39 is 0 Å². The number of hydrogen-bond donors (Lipinski definition) is 2. The van der Waals surface area contributed by atoms with Crippen molar-refractivity contribution in [2.24, 2.45) is 4.99 Å². The molecule has 1 saturated heterocycles. The molecule has 1 fully saturated rings. The first-order valence-corrected chi connectivity index (χ1v) is 11.0. The molecule has 0 spiro atoms. The third-order valence-corrected chi connectivity index (χ3v) is 5.02. The summed E-state index contributed by atoms with van der Waals surface area (Å²) in [6.07, 6.45) is 2.08. The van der Waals surface area contributed by atoms with E-state index in [0.717, 1.165) is 90.1 Å². The Morgan fingerprint density at radius 2 is 1.79 bits per heavy atom. The fourth-order valence-corrected chi connectivity index (χ4v) is 3.38. The predicted octanol–water partition coefficient (Wildman–Crippen LogP) is 2.19. The number of nitrogens with zero attached hydrogens (tertiary/aromatic N) is 3. The second-order valence-electron chi connectivity index (χ2n) is 7.12. The molecule has 0 amide bonds. The minimum absolute atomic E-state index is 0.774. The Labute approximate surface area is 176 Å². The van der Waals surface area contributed by atoms with Crippen LogP contribution in [0.1, 0.15) is 26.7 Å². The molecule has 0 atom stereocenters. The van der Waals surface area contributed by atoms with Gasteiger partial charge in [-0.1, -0.05) is 0 Å². The van der Waals surface area contributed by atoms with Crippen LogP contribution in [-0.4, -0.2) is 83.5 Å². The van der Waals surface area contributed by atoms with Gasteiger partial charge in [0.1, 0.15) is 5.75 Å². The highest BCUT2D eigenvalue weighted by molar-refractivity contribution is 5.79. The molecule has 1 aromatic rings. The third kappa shape index (κ3) is 8.92. The first kappa shape index (κ1) is 23.3. The Kier molecular flexibility index (Phi) is 11.3. The first-order valence-electron chi connectivity index (χ1n) is 11.0. The molecule has 0 unspecified atom stereocenters. The van der Waals surface area contributed by atoms with Crippen LogP contribution in [0, 0.1) is 0 Å². The minimum Gasteiger partial charge on any atom is -0.497 e. The van der Waals surface area contributed by atoms with Crippen LogP contribution in [0.5, 0.6) is 5.75 Å². The third-order valence-electron chi connectivity index (χ3n) is 5.02. The van der Waals surface area contributed by atoms with Crippen molar-refractivity contribution < 1.29 is 9.47 Å². The van der Waals surface area contributed by atoms with Crippen LogP contribution >= 0.6 is 0 Å². The van der Waals surface area contributed by atoms with Crippen molar-refractivity contribution in [3.8, 4) is 5.75 Å². The standard InChI is InChI=1S/C22H39N5O2/c1-4-23-22(25-13-7-19-29-5-2)24-12-6-14-26-15-17-27(18-16-26)20-8-10-21(28-3)11-9-20/h8-11H,4-7,12-19H2,1-3H3,(H2,23,24,25). The van der Waals surface area contributed by atoms with Gasteiger partial charge in [-0.15, -0.1) is 0 Å². The summed E-state index contributed by atoms with van der Waals surface area (Å²) in [5.74, 6) is 1.82. The van der Waals surface area contributed by atoms with E-state index in [9.17, 15) is 0 Å². The highest BCUT2D eigenvalue weighted by atomic mass is 16.5. The van der Waals surface area contributed by atoms with Crippen LogP contribution in [0.4, 0.5) is 5.69 Å². The number of piperazine rings is 1. The van der Waals surface area contributed by atoms with E-state index >= 15 is 0 Å². The lowest BCUT2D eigenvalue weighted by molar-refractivity contribution is 0.146. The normalized spacial score (nSPS) is 15.4. The van der Waals surface area contributed by atoms with Gasteiger partial charge in [-0.05, 0) is 57.5 Å². The maximum Gasteiger partial charge on any atom is 0.191 e. The van der Waals surface area contributed by atoms with Gasteiger partial charge in [-0.2, -0.15) is 0 Å². The lowest BCUT2D eigenvalue weighted by Crippen LogP contribution is -2.47. The van der Waals surface area contributed by atoms with Crippen molar-refractivity contribution in [2.75, 3.05) is 77.6 Å². The van der Waals surface area contributed by atoms with Crippen LogP contribution in [0.25, 0.3) is 0 Å². The van der Waals surface area contributed by atoms with Crippen LogP contribution in [0.3, 0.4) is 0 Å². The molecule has 7 heteroatoms. The summed E-state index contributed by atoms with van der Waals surface area (Å²) in [4.78, 5) is 9.61. The van der Waals surface area contributed by atoms with Crippen LogP contribution in [-0.2, 0) is 4.74 Å². The molecule has 0 aromatic heterocycles. The second-order valence-corrected chi connectivity index (χ2v) is 7.12. The molecule has 1 aliphatic rings. The van der Waals surface area contributed by atoms with E-state index in [0.29, 0.717) is 0 Å². The Morgan fingerprint density at radius 1 is 1.03 bits per heavy atom. The van der Waals surface area contributed by atoms with Gasteiger partial charge >= 0.3 is 0 Å². The molecule has 7 nitrogen and oxygen atoms in total. The fourth-order valence-electron chi connectivity index (χ4n) is 3.38. The Balaban J connectivity index is 1.61. The van der Waals surface area contributed by atoms with Crippen molar-refractivity contribution >= 4 is 11.6 Å². The first-order chi connectivity index (χ1) is 14.3. The molecule has 0 radical (unpaired) electrons. The second kappa shape index (κ2) is 14.1. The van der Waals surface area contributed by atoms with Crippen LogP contribution in [0.2, 0.25) is 0 Å². The summed E-state index contributed by atoms with van der Waals surface area (Å²) in [6, 6.07) is 8.37. The molecular weight excluding hydrogens is 366 g/mol. The molecule has 1 aromatic carbocycles. The van der Waals surface area contributed by atoms with Gasteiger partial charge in [0.25, 0.3) is 0 Å². The molecule has 0 saturated carbocycles. The topological polar surface area (TPSA) is 61.4 Å².